The van der Waals surface area contributed by atoms with Gasteiger partial charge in [0.1, 0.15) is 0 Å². The molecule has 1 amide bonds. The van der Waals surface area contributed by atoms with Gasteiger partial charge in [0, 0.05) is 28.9 Å². The summed E-state index contributed by atoms with van der Waals surface area (Å²) < 4.78 is 1.11. The minimum absolute atomic E-state index is 0. The second-order valence-corrected chi connectivity index (χ2v) is 7.33. The Bertz CT molecular complexity index is 496. The first-order valence-electron chi connectivity index (χ1n) is 7.94. The van der Waals surface area contributed by atoms with Crippen molar-refractivity contribution in [3.63, 3.8) is 0 Å². The summed E-state index contributed by atoms with van der Waals surface area (Å²) in [6.45, 7) is 1.83. The third kappa shape index (κ3) is 4.03. The number of rotatable bonds is 5. The van der Waals surface area contributed by atoms with Crippen molar-refractivity contribution in [3.05, 3.63) is 34.3 Å². The molecule has 3 nitrogen and oxygen atoms in total. The van der Waals surface area contributed by atoms with Crippen molar-refractivity contribution in [2.75, 3.05) is 13.1 Å². The minimum Gasteiger partial charge on any atom is -0.355 e. The third-order valence-electron chi connectivity index (χ3n) is 4.99. The molecule has 0 radical (unpaired) electrons. The molecule has 22 heavy (non-hydrogen) atoms. The molecule has 3 rings (SSSR count). The topological polar surface area (TPSA) is 41.1 Å². The maximum atomic E-state index is 12.1. The molecule has 1 heterocycles. The molecule has 0 bridgehead atoms. The second-order valence-electron chi connectivity index (χ2n) is 6.41. The second kappa shape index (κ2) is 7.80. The van der Waals surface area contributed by atoms with E-state index in [1.807, 2.05) is 0 Å². The highest BCUT2D eigenvalue weighted by Gasteiger charge is 2.38. The largest absolute Gasteiger partial charge is 0.355 e. The Morgan fingerprint density at radius 2 is 2.00 bits per heavy atom. The highest BCUT2D eigenvalue weighted by molar-refractivity contribution is 9.10. The summed E-state index contributed by atoms with van der Waals surface area (Å²) in [7, 11) is 0. The van der Waals surface area contributed by atoms with E-state index in [9.17, 15) is 4.79 Å². The molecule has 1 aromatic carbocycles. The molecular formula is C17H24BrClN2O. The zero-order valence-corrected chi connectivity index (χ0v) is 15.1. The van der Waals surface area contributed by atoms with Crippen LogP contribution in [0.4, 0.5) is 0 Å². The average molecular weight is 388 g/mol. The normalized spacial score (nSPS) is 22.5. The van der Waals surface area contributed by atoms with Gasteiger partial charge in [0.2, 0.25) is 5.91 Å². The number of amides is 1. The first-order valence-corrected chi connectivity index (χ1v) is 8.73. The van der Waals surface area contributed by atoms with Gasteiger partial charge in [0.25, 0.3) is 0 Å². The number of carbonyl (C=O) groups is 1. The van der Waals surface area contributed by atoms with Crippen LogP contribution in [0.1, 0.15) is 44.1 Å². The fourth-order valence-electron chi connectivity index (χ4n) is 3.47. The Morgan fingerprint density at radius 3 is 2.55 bits per heavy atom. The molecule has 5 heteroatoms. The van der Waals surface area contributed by atoms with E-state index in [4.69, 9.17) is 0 Å². The van der Waals surface area contributed by atoms with Crippen LogP contribution in [0.15, 0.2) is 28.7 Å². The van der Waals surface area contributed by atoms with Crippen molar-refractivity contribution >= 4 is 34.2 Å². The monoisotopic (exact) mass is 386 g/mol. The Kier molecular flexibility index (Phi) is 6.30. The zero-order chi connectivity index (χ0) is 14.7. The molecule has 2 fully saturated rings. The molecule has 1 atom stereocenters. The van der Waals surface area contributed by atoms with E-state index in [1.54, 1.807) is 0 Å². The van der Waals surface area contributed by atoms with Crippen LogP contribution in [-0.4, -0.2) is 25.0 Å². The molecule has 2 aliphatic rings. The summed E-state index contributed by atoms with van der Waals surface area (Å²) in [5.74, 6) is 0.192. The molecule has 0 spiro atoms. The summed E-state index contributed by atoms with van der Waals surface area (Å²) in [5.41, 5.74) is 1.52. The van der Waals surface area contributed by atoms with Crippen molar-refractivity contribution in [2.24, 2.45) is 0 Å². The van der Waals surface area contributed by atoms with Gasteiger partial charge in [-0.15, -0.1) is 12.4 Å². The number of halogens is 2. The Morgan fingerprint density at radius 1 is 1.27 bits per heavy atom. The van der Waals surface area contributed by atoms with Gasteiger partial charge in [-0.05, 0) is 49.9 Å². The van der Waals surface area contributed by atoms with Gasteiger partial charge in [-0.2, -0.15) is 0 Å². The first kappa shape index (κ1) is 17.8. The fourth-order valence-corrected chi connectivity index (χ4v) is 3.73. The van der Waals surface area contributed by atoms with Gasteiger partial charge in [0.15, 0.2) is 0 Å². The molecule has 1 unspecified atom stereocenters. The first-order chi connectivity index (χ1) is 10.2. The van der Waals surface area contributed by atoms with Crippen LogP contribution in [0.3, 0.4) is 0 Å². The quantitative estimate of drug-likeness (QED) is 0.811. The predicted molar refractivity (Wildman–Crippen MR) is 95.6 cm³/mol. The van der Waals surface area contributed by atoms with Crippen molar-refractivity contribution < 1.29 is 4.79 Å². The highest BCUT2D eigenvalue weighted by Crippen LogP contribution is 2.43. The summed E-state index contributed by atoms with van der Waals surface area (Å²) in [5, 5.41) is 6.56. The van der Waals surface area contributed by atoms with Crippen LogP contribution in [0.5, 0.6) is 0 Å². The van der Waals surface area contributed by atoms with E-state index in [0.717, 1.165) is 24.0 Å². The maximum Gasteiger partial charge on any atom is 0.221 e. The lowest BCUT2D eigenvalue weighted by atomic mass is 9.64. The number of carbonyl (C=O) groups excluding carboxylic acids is 1. The van der Waals surface area contributed by atoms with Crippen molar-refractivity contribution in [1.29, 1.82) is 0 Å². The summed E-state index contributed by atoms with van der Waals surface area (Å²) in [4.78, 5) is 12.1. The summed E-state index contributed by atoms with van der Waals surface area (Å²) in [6, 6.07) is 8.95. The van der Waals surface area contributed by atoms with Crippen molar-refractivity contribution in [3.8, 4) is 0 Å². The van der Waals surface area contributed by atoms with Crippen molar-refractivity contribution in [2.45, 2.75) is 50.0 Å². The van der Waals surface area contributed by atoms with E-state index in [0.29, 0.717) is 12.5 Å². The molecule has 1 saturated heterocycles. The molecule has 122 valence electrons. The smallest absolute Gasteiger partial charge is 0.221 e. The number of benzene rings is 1. The van der Waals surface area contributed by atoms with Gasteiger partial charge >= 0.3 is 0 Å². The lowest BCUT2D eigenvalue weighted by Crippen LogP contribution is -2.46. The minimum atomic E-state index is 0. The molecule has 1 aromatic rings. The van der Waals surface area contributed by atoms with Crippen LogP contribution < -0.4 is 10.6 Å². The van der Waals surface area contributed by atoms with E-state index >= 15 is 0 Å². The third-order valence-corrected chi connectivity index (χ3v) is 5.51. The zero-order valence-electron chi connectivity index (χ0n) is 12.7. The standard InChI is InChI=1S/C17H23BrN2O.ClH/c18-14-6-4-13(5-7-14)17(8-2-9-17)12-20-16(21)11-15-3-1-10-19-15;/h4-7,15,19H,1-3,8-12H2,(H,20,21);1H. The molecular weight excluding hydrogens is 364 g/mol. The Labute approximate surface area is 147 Å². The van der Waals surface area contributed by atoms with E-state index in [1.165, 1.54) is 31.2 Å². The van der Waals surface area contributed by atoms with Crippen LogP contribution in [0, 0.1) is 0 Å². The van der Waals surface area contributed by atoms with E-state index in [2.05, 4.69) is 50.8 Å². The predicted octanol–water partition coefficient (Wildman–Crippen LogP) is 3.55. The van der Waals surface area contributed by atoms with Gasteiger partial charge in [-0.25, -0.2) is 0 Å². The summed E-state index contributed by atoms with van der Waals surface area (Å²) >= 11 is 3.49. The molecule has 0 aromatic heterocycles. The number of hydrogen-bond donors (Lipinski definition) is 2. The summed E-state index contributed by atoms with van der Waals surface area (Å²) in [6.07, 6.45) is 6.56. The van der Waals surface area contributed by atoms with E-state index in [-0.39, 0.29) is 23.7 Å². The lowest BCUT2D eigenvalue weighted by Gasteiger charge is -2.42. The van der Waals surface area contributed by atoms with Gasteiger partial charge in [-0.3, -0.25) is 4.79 Å². The SMILES string of the molecule is Cl.O=C(CC1CCCN1)NCC1(c2ccc(Br)cc2)CCC1. The van der Waals surface area contributed by atoms with Crippen LogP contribution in [-0.2, 0) is 10.2 Å². The van der Waals surface area contributed by atoms with Crippen LogP contribution in [0.25, 0.3) is 0 Å². The van der Waals surface area contributed by atoms with Gasteiger partial charge in [0.05, 0.1) is 0 Å². The van der Waals surface area contributed by atoms with Crippen molar-refractivity contribution in [1.82, 2.24) is 10.6 Å². The molecule has 2 N–H and O–H groups in total. The fraction of sp³-hybridized carbons (Fsp3) is 0.588. The maximum absolute atomic E-state index is 12.1. The molecule has 1 aliphatic heterocycles. The van der Waals surface area contributed by atoms with Crippen LogP contribution >= 0.6 is 28.3 Å². The Balaban J connectivity index is 0.00000176. The molecule has 1 aliphatic carbocycles. The van der Waals surface area contributed by atoms with Crippen LogP contribution in [0.2, 0.25) is 0 Å². The van der Waals surface area contributed by atoms with E-state index < -0.39 is 0 Å². The van der Waals surface area contributed by atoms with Gasteiger partial charge < -0.3 is 10.6 Å². The Hall–Kier alpha value is -0.580. The highest BCUT2D eigenvalue weighted by atomic mass is 79.9. The lowest BCUT2D eigenvalue weighted by molar-refractivity contribution is -0.122. The number of nitrogens with one attached hydrogen (secondary N) is 2. The average Bonchev–Trinajstić information content (AvgIpc) is 2.92. The number of hydrogen-bond acceptors (Lipinski definition) is 2. The molecule has 1 saturated carbocycles. The van der Waals surface area contributed by atoms with Gasteiger partial charge in [-0.1, -0.05) is 34.5 Å².